The van der Waals surface area contributed by atoms with E-state index in [0.29, 0.717) is 11.6 Å². The molecular formula is C29H35N5O2S. The first kappa shape index (κ1) is 26.7. The van der Waals surface area contributed by atoms with E-state index in [1.54, 1.807) is 6.08 Å². The predicted octanol–water partition coefficient (Wildman–Crippen LogP) is 4.62. The minimum Gasteiger partial charge on any atom is -0.349 e. The summed E-state index contributed by atoms with van der Waals surface area (Å²) in [6, 6.07) is 19.8. The third kappa shape index (κ3) is 7.57. The van der Waals surface area contributed by atoms with Crippen LogP contribution in [0.4, 0.5) is 5.13 Å². The molecule has 1 aliphatic rings. The Morgan fingerprint density at radius 3 is 2.51 bits per heavy atom. The number of anilines is 1. The van der Waals surface area contributed by atoms with Crippen LogP contribution in [0.5, 0.6) is 0 Å². The van der Waals surface area contributed by atoms with Crippen LogP contribution in [0.3, 0.4) is 0 Å². The van der Waals surface area contributed by atoms with Gasteiger partial charge in [-0.2, -0.15) is 0 Å². The maximum Gasteiger partial charge on any atom is 0.249 e. The molecule has 7 nitrogen and oxygen atoms in total. The van der Waals surface area contributed by atoms with Crippen molar-refractivity contribution in [2.45, 2.75) is 63.5 Å². The van der Waals surface area contributed by atoms with E-state index in [9.17, 15) is 9.59 Å². The van der Waals surface area contributed by atoms with Crippen molar-refractivity contribution < 1.29 is 9.59 Å². The van der Waals surface area contributed by atoms with Crippen LogP contribution in [-0.2, 0) is 21.4 Å². The quantitative estimate of drug-likeness (QED) is 0.341. The molecule has 2 atom stereocenters. The Bertz CT molecular complexity index is 1190. The largest absolute Gasteiger partial charge is 0.349 e. The Morgan fingerprint density at radius 2 is 1.81 bits per heavy atom. The number of carbonyl (C=O) groups is 2. The van der Waals surface area contributed by atoms with Gasteiger partial charge in [0, 0.05) is 17.5 Å². The van der Waals surface area contributed by atoms with E-state index >= 15 is 0 Å². The molecule has 194 valence electrons. The molecule has 2 amide bonds. The van der Waals surface area contributed by atoms with E-state index in [2.05, 4.69) is 64.3 Å². The summed E-state index contributed by atoms with van der Waals surface area (Å²) in [6.07, 6.45) is 7.72. The zero-order valence-corrected chi connectivity index (χ0v) is 22.3. The van der Waals surface area contributed by atoms with Crippen molar-refractivity contribution >= 4 is 28.3 Å². The molecule has 8 heteroatoms. The standard InChI is InChI=1S/C29H35N5O2S/c1-29(2,22-13-7-4-8-14-22)27-33-34-28(37-27)32-25(35)19-18-23(17-16-21-11-5-3-6-12-21)31-26(36)24-15-9-10-20-30-24/h3-8,11-14,18-19,23-24,30H,9-10,15-17,20H2,1-2H3,(H,31,36)(H,32,34,35). The van der Waals surface area contributed by atoms with Gasteiger partial charge in [0.15, 0.2) is 0 Å². The van der Waals surface area contributed by atoms with E-state index in [4.69, 9.17) is 0 Å². The summed E-state index contributed by atoms with van der Waals surface area (Å²) in [5.74, 6) is -0.310. The summed E-state index contributed by atoms with van der Waals surface area (Å²) in [5.41, 5.74) is 2.00. The van der Waals surface area contributed by atoms with Crippen LogP contribution in [0.1, 0.15) is 55.7 Å². The molecule has 0 radical (unpaired) electrons. The van der Waals surface area contributed by atoms with E-state index in [-0.39, 0.29) is 29.3 Å². The van der Waals surface area contributed by atoms with E-state index in [1.807, 2.05) is 36.4 Å². The minimum atomic E-state index is -0.322. The second kappa shape index (κ2) is 12.7. The monoisotopic (exact) mass is 517 g/mol. The highest BCUT2D eigenvalue weighted by Gasteiger charge is 2.28. The number of nitrogens with zero attached hydrogens (tertiary/aromatic N) is 2. The molecule has 2 unspecified atom stereocenters. The minimum absolute atomic E-state index is 0.0141. The lowest BCUT2D eigenvalue weighted by Gasteiger charge is -2.25. The van der Waals surface area contributed by atoms with Gasteiger partial charge in [-0.3, -0.25) is 14.9 Å². The van der Waals surface area contributed by atoms with Gasteiger partial charge < -0.3 is 10.6 Å². The Balaban J connectivity index is 1.39. The second-order valence-electron chi connectivity index (χ2n) is 9.89. The summed E-state index contributed by atoms with van der Waals surface area (Å²) in [4.78, 5) is 25.6. The van der Waals surface area contributed by atoms with Gasteiger partial charge in [-0.05, 0) is 57.2 Å². The highest BCUT2D eigenvalue weighted by Crippen LogP contribution is 2.34. The molecule has 1 aliphatic heterocycles. The molecule has 0 bridgehead atoms. The number of nitrogens with one attached hydrogen (secondary N) is 3. The number of aromatic nitrogens is 2. The van der Waals surface area contributed by atoms with Gasteiger partial charge in [0.1, 0.15) is 5.01 Å². The van der Waals surface area contributed by atoms with Crippen molar-refractivity contribution in [1.29, 1.82) is 0 Å². The van der Waals surface area contributed by atoms with Crippen LogP contribution in [0.25, 0.3) is 0 Å². The normalized spacial score (nSPS) is 16.9. The van der Waals surface area contributed by atoms with Crippen molar-refractivity contribution in [3.63, 3.8) is 0 Å². The molecule has 0 spiro atoms. The first-order valence-electron chi connectivity index (χ1n) is 12.9. The number of benzene rings is 2. The summed E-state index contributed by atoms with van der Waals surface area (Å²) in [5, 5.41) is 19.0. The van der Waals surface area contributed by atoms with E-state index in [1.165, 1.54) is 23.0 Å². The molecule has 1 fully saturated rings. The van der Waals surface area contributed by atoms with Crippen molar-refractivity contribution in [2.24, 2.45) is 0 Å². The van der Waals surface area contributed by atoms with Gasteiger partial charge >= 0.3 is 0 Å². The van der Waals surface area contributed by atoms with Gasteiger partial charge in [-0.15, -0.1) is 10.2 Å². The molecule has 4 rings (SSSR count). The lowest BCUT2D eigenvalue weighted by Crippen LogP contribution is -2.49. The molecule has 3 aromatic rings. The third-order valence-electron chi connectivity index (χ3n) is 6.71. The van der Waals surface area contributed by atoms with Gasteiger partial charge in [0.05, 0.1) is 6.04 Å². The molecular weight excluding hydrogens is 482 g/mol. The fourth-order valence-corrected chi connectivity index (χ4v) is 5.27. The first-order chi connectivity index (χ1) is 17.9. The molecule has 37 heavy (non-hydrogen) atoms. The summed E-state index contributed by atoms with van der Waals surface area (Å²) in [6.45, 7) is 5.04. The Kier molecular flexibility index (Phi) is 9.19. The van der Waals surface area contributed by atoms with E-state index < -0.39 is 0 Å². The van der Waals surface area contributed by atoms with Gasteiger partial charge in [-0.25, -0.2) is 0 Å². The fraction of sp³-hybridized carbons (Fsp3) is 0.379. The van der Waals surface area contributed by atoms with Crippen LogP contribution in [0.15, 0.2) is 72.8 Å². The van der Waals surface area contributed by atoms with Crippen LogP contribution < -0.4 is 16.0 Å². The second-order valence-corrected chi connectivity index (χ2v) is 10.9. The van der Waals surface area contributed by atoms with Crippen LogP contribution >= 0.6 is 11.3 Å². The maximum absolute atomic E-state index is 12.8. The molecule has 0 aliphatic carbocycles. The lowest BCUT2D eigenvalue weighted by atomic mass is 9.85. The number of amides is 2. The third-order valence-corrected chi connectivity index (χ3v) is 7.87. The van der Waals surface area contributed by atoms with Crippen molar-refractivity contribution in [1.82, 2.24) is 20.8 Å². The number of rotatable bonds is 10. The van der Waals surface area contributed by atoms with Crippen molar-refractivity contribution in [3.05, 3.63) is 89.0 Å². The summed E-state index contributed by atoms with van der Waals surface area (Å²) in [7, 11) is 0. The van der Waals surface area contributed by atoms with Gasteiger partial charge in [0.25, 0.3) is 0 Å². The van der Waals surface area contributed by atoms with Crippen molar-refractivity contribution in [3.8, 4) is 0 Å². The van der Waals surface area contributed by atoms with Crippen molar-refractivity contribution in [2.75, 3.05) is 11.9 Å². The average molecular weight is 518 g/mol. The number of aryl methyl sites for hydroxylation is 1. The average Bonchev–Trinajstić information content (AvgIpc) is 3.41. The van der Waals surface area contributed by atoms with Crippen LogP contribution in [0.2, 0.25) is 0 Å². The van der Waals surface area contributed by atoms with Crippen LogP contribution in [0, 0.1) is 0 Å². The topological polar surface area (TPSA) is 96.0 Å². The zero-order valence-electron chi connectivity index (χ0n) is 21.4. The fourth-order valence-electron chi connectivity index (χ4n) is 4.40. The number of carbonyl (C=O) groups excluding carboxylic acids is 2. The summed E-state index contributed by atoms with van der Waals surface area (Å²) >= 11 is 1.37. The predicted molar refractivity (Wildman–Crippen MR) is 149 cm³/mol. The molecule has 2 heterocycles. The Labute approximate surface area is 222 Å². The summed E-state index contributed by atoms with van der Waals surface area (Å²) < 4.78 is 0. The smallest absolute Gasteiger partial charge is 0.249 e. The van der Waals surface area contributed by atoms with Gasteiger partial charge in [-0.1, -0.05) is 84.5 Å². The molecule has 0 saturated carbocycles. The Hall–Kier alpha value is -3.36. The van der Waals surface area contributed by atoms with E-state index in [0.717, 1.165) is 42.8 Å². The van der Waals surface area contributed by atoms with Crippen LogP contribution in [-0.4, -0.2) is 40.6 Å². The lowest BCUT2D eigenvalue weighted by molar-refractivity contribution is -0.124. The number of hydrogen-bond donors (Lipinski definition) is 3. The molecule has 1 saturated heterocycles. The molecule has 2 aromatic carbocycles. The number of hydrogen-bond acceptors (Lipinski definition) is 6. The maximum atomic E-state index is 12.8. The number of piperidine rings is 1. The Morgan fingerprint density at radius 1 is 1.08 bits per heavy atom. The molecule has 1 aromatic heterocycles. The van der Waals surface area contributed by atoms with Gasteiger partial charge in [0.2, 0.25) is 16.9 Å². The highest BCUT2D eigenvalue weighted by molar-refractivity contribution is 7.15. The zero-order chi connectivity index (χ0) is 26.1. The molecule has 3 N–H and O–H groups in total. The highest BCUT2D eigenvalue weighted by atomic mass is 32.1. The first-order valence-corrected chi connectivity index (χ1v) is 13.7. The SMILES string of the molecule is CC(C)(c1ccccc1)c1nnc(NC(=O)C=CC(CCc2ccccc2)NC(=O)C2CCCCN2)s1.